The second-order valence-electron chi connectivity index (χ2n) is 9.93. The zero-order chi connectivity index (χ0) is 22.7. The van der Waals surface area contributed by atoms with Gasteiger partial charge in [-0.25, -0.2) is 9.80 Å². The van der Waals surface area contributed by atoms with Gasteiger partial charge in [-0.1, -0.05) is 0 Å². The number of hydrogen-bond acceptors (Lipinski definition) is 7. The van der Waals surface area contributed by atoms with Crippen molar-refractivity contribution in [3.63, 3.8) is 0 Å². The highest BCUT2D eigenvalue weighted by molar-refractivity contribution is 5.75. The molecule has 3 aliphatic heterocycles. The molecule has 9 nitrogen and oxygen atoms in total. The average molecular weight is 447 g/mol. The average Bonchev–Trinajstić information content (AvgIpc) is 3.26. The summed E-state index contributed by atoms with van der Waals surface area (Å²) in [5, 5.41) is 14.3. The van der Waals surface area contributed by atoms with Crippen LogP contribution in [0, 0.1) is 23.2 Å². The van der Waals surface area contributed by atoms with E-state index in [1.165, 1.54) is 0 Å². The van der Waals surface area contributed by atoms with Crippen LogP contribution in [0.5, 0.6) is 0 Å². The summed E-state index contributed by atoms with van der Waals surface area (Å²) in [6.45, 7) is 7.69. The Bertz CT molecular complexity index is 721. The minimum atomic E-state index is -0.240. The third-order valence-corrected chi connectivity index (χ3v) is 7.81. The van der Waals surface area contributed by atoms with Crippen LogP contribution in [0.2, 0.25) is 0 Å². The van der Waals surface area contributed by atoms with E-state index in [9.17, 15) is 9.59 Å². The molecule has 0 aromatic heterocycles. The molecule has 5 unspecified atom stereocenters. The normalized spacial score (nSPS) is 35.8. The van der Waals surface area contributed by atoms with E-state index in [1.807, 2.05) is 16.7 Å². The van der Waals surface area contributed by atoms with E-state index < -0.39 is 0 Å². The molecule has 1 aliphatic carbocycles. The number of carbonyl (C=O) groups is 2. The number of piperazine rings is 1. The number of hydrogen-bond donors (Lipinski definition) is 2. The molecule has 178 valence electrons. The zero-order valence-corrected chi connectivity index (χ0v) is 19.5. The van der Waals surface area contributed by atoms with Crippen molar-refractivity contribution >= 4 is 12.0 Å². The maximum Gasteiger partial charge on any atom is 0.411 e. The second kappa shape index (κ2) is 10.4. The minimum absolute atomic E-state index is 0.00176. The summed E-state index contributed by atoms with van der Waals surface area (Å²) in [6.07, 6.45) is 6.00. The number of hydrazine groups is 1. The third kappa shape index (κ3) is 5.03. The van der Waals surface area contributed by atoms with Crippen LogP contribution in [0.1, 0.15) is 58.8 Å². The van der Waals surface area contributed by atoms with Gasteiger partial charge in [0.1, 0.15) is 0 Å². The quantitative estimate of drug-likeness (QED) is 0.677. The van der Waals surface area contributed by atoms with Crippen molar-refractivity contribution in [1.82, 2.24) is 25.6 Å². The van der Waals surface area contributed by atoms with E-state index in [-0.39, 0.29) is 36.4 Å². The second-order valence-corrected chi connectivity index (χ2v) is 9.93. The van der Waals surface area contributed by atoms with Crippen molar-refractivity contribution in [2.75, 3.05) is 32.7 Å². The molecule has 0 bridgehead atoms. The molecule has 3 heterocycles. The van der Waals surface area contributed by atoms with Crippen LogP contribution < -0.4 is 10.7 Å². The highest BCUT2D eigenvalue weighted by Gasteiger charge is 2.48. The van der Waals surface area contributed by atoms with Crippen molar-refractivity contribution in [2.45, 2.75) is 83.1 Å². The molecule has 1 saturated carbocycles. The van der Waals surface area contributed by atoms with Gasteiger partial charge in [-0.3, -0.25) is 15.5 Å². The van der Waals surface area contributed by atoms with E-state index in [4.69, 9.17) is 10.00 Å². The Labute approximate surface area is 191 Å². The van der Waals surface area contributed by atoms with Gasteiger partial charge in [-0.2, -0.15) is 5.26 Å². The molecule has 0 spiro atoms. The van der Waals surface area contributed by atoms with Crippen LogP contribution in [0.25, 0.3) is 0 Å². The molecule has 32 heavy (non-hydrogen) atoms. The molecule has 4 aliphatic rings. The smallest absolute Gasteiger partial charge is 0.411 e. The van der Waals surface area contributed by atoms with E-state index in [0.29, 0.717) is 24.8 Å². The predicted octanol–water partition coefficient (Wildman–Crippen LogP) is 1.66. The highest BCUT2D eigenvalue weighted by atomic mass is 16.6. The van der Waals surface area contributed by atoms with Gasteiger partial charge < -0.3 is 14.5 Å². The van der Waals surface area contributed by atoms with E-state index in [0.717, 1.165) is 64.7 Å². The van der Waals surface area contributed by atoms with Crippen molar-refractivity contribution in [3.8, 4) is 6.07 Å². The maximum absolute atomic E-state index is 13.3. The van der Waals surface area contributed by atoms with Crippen molar-refractivity contribution in [2.24, 2.45) is 11.8 Å². The Morgan fingerprint density at radius 1 is 1.12 bits per heavy atom. The number of rotatable bonds is 4. The summed E-state index contributed by atoms with van der Waals surface area (Å²) in [7, 11) is 0. The standard InChI is InChI=1S/C23H38N6O3/c1-16-14-28(23(31)32-22-6-3-4-10-25-22)21-12-18(7-8-20(21)29(16)17(2)30)19-13-26-27(15-19)11-5-9-24/h16,18-22,25-26H,3-8,10-15H2,1-2H3/t16-,18?,19?,20?,21?,22?/m0/s1. The Morgan fingerprint density at radius 2 is 1.97 bits per heavy atom. The van der Waals surface area contributed by atoms with E-state index in [2.05, 4.69) is 21.8 Å². The summed E-state index contributed by atoms with van der Waals surface area (Å²) in [4.78, 5) is 29.7. The molecule has 6 atom stereocenters. The Hall–Kier alpha value is -1.89. The largest absolute Gasteiger partial charge is 0.430 e. The van der Waals surface area contributed by atoms with Crippen LogP contribution in [0.4, 0.5) is 4.79 Å². The fraction of sp³-hybridized carbons (Fsp3) is 0.870. The van der Waals surface area contributed by atoms with Crippen molar-refractivity contribution in [3.05, 3.63) is 0 Å². The van der Waals surface area contributed by atoms with Crippen LogP contribution in [-0.2, 0) is 9.53 Å². The lowest BCUT2D eigenvalue weighted by Gasteiger charge is -2.54. The molecule has 4 fully saturated rings. The number of nitriles is 1. The first-order valence-electron chi connectivity index (χ1n) is 12.3. The van der Waals surface area contributed by atoms with Gasteiger partial charge in [0.25, 0.3) is 0 Å². The lowest BCUT2D eigenvalue weighted by molar-refractivity contribution is -0.142. The Kier molecular flexibility index (Phi) is 7.54. The SMILES string of the molecule is CC(=O)N1C2CCC(C3CNN(CCC#N)C3)CC2N(C(=O)OC2CCCCN2)C[C@@H]1C. The van der Waals surface area contributed by atoms with Crippen molar-refractivity contribution < 1.29 is 14.3 Å². The summed E-state index contributed by atoms with van der Waals surface area (Å²) in [5.41, 5.74) is 3.44. The fourth-order valence-corrected chi connectivity index (χ4v) is 6.28. The molecular formula is C23H38N6O3. The van der Waals surface area contributed by atoms with Gasteiger partial charge in [-0.15, -0.1) is 0 Å². The van der Waals surface area contributed by atoms with Gasteiger partial charge >= 0.3 is 6.09 Å². The van der Waals surface area contributed by atoms with Gasteiger partial charge in [0.15, 0.2) is 6.23 Å². The van der Waals surface area contributed by atoms with Crippen LogP contribution in [-0.4, -0.2) is 83.9 Å². The number of nitrogens with zero attached hydrogens (tertiary/aromatic N) is 4. The Balaban J connectivity index is 1.45. The number of amides is 2. The zero-order valence-electron chi connectivity index (χ0n) is 19.5. The molecular weight excluding hydrogens is 408 g/mol. The first-order chi connectivity index (χ1) is 15.5. The van der Waals surface area contributed by atoms with Crippen molar-refractivity contribution in [1.29, 1.82) is 5.26 Å². The predicted molar refractivity (Wildman–Crippen MR) is 119 cm³/mol. The number of ether oxygens (including phenoxy) is 1. The molecule has 2 N–H and O–H groups in total. The summed E-state index contributed by atoms with van der Waals surface area (Å²) in [5.74, 6) is 1.08. The summed E-state index contributed by atoms with van der Waals surface area (Å²) < 4.78 is 5.87. The number of carbonyl (C=O) groups excluding carboxylic acids is 2. The summed E-state index contributed by atoms with van der Waals surface area (Å²) >= 11 is 0. The first kappa shape index (κ1) is 23.3. The topological polar surface area (TPSA) is 101 Å². The van der Waals surface area contributed by atoms with Crippen LogP contribution >= 0.6 is 0 Å². The van der Waals surface area contributed by atoms with Gasteiger partial charge in [0, 0.05) is 45.6 Å². The molecule has 0 aromatic carbocycles. The number of piperidine rings is 1. The number of fused-ring (bicyclic) bond motifs is 1. The van der Waals surface area contributed by atoms with Gasteiger partial charge in [-0.05, 0) is 63.8 Å². The molecule has 3 saturated heterocycles. The lowest BCUT2D eigenvalue weighted by Crippen LogP contribution is -2.67. The molecule has 0 radical (unpaired) electrons. The fourth-order valence-electron chi connectivity index (χ4n) is 6.28. The van der Waals surface area contributed by atoms with Gasteiger partial charge in [0.2, 0.25) is 5.91 Å². The molecule has 0 aromatic rings. The monoisotopic (exact) mass is 446 g/mol. The maximum atomic E-state index is 13.3. The number of nitrogens with one attached hydrogen (secondary N) is 2. The molecule has 9 heteroatoms. The van der Waals surface area contributed by atoms with Crippen LogP contribution in [0.3, 0.4) is 0 Å². The molecule has 4 rings (SSSR count). The highest BCUT2D eigenvalue weighted by Crippen LogP contribution is 2.39. The van der Waals surface area contributed by atoms with Gasteiger partial charge in [0.05, 0.1) is 18.2 Å². The minimum Gasteiger partial charge on any atom is -0.430 e. The van der Waals surface area contributed by atoms with E-state index in [1.54, 1.807) is 6.92 Å². The third-order valence-electron chi connectivity index (χ3n) is 7.81. The lowest BCUT2D eigenvalue weighted by atomic mass is 9.73. The first-order valence-corrected chi connectivity index (χ1v) is 12.3. The Morgan fingerprint density at radius 3 is 2.69 bits per heavy atom. The van der Waals surface area contributed by atoms with Crippen LogP contribution in [0.15, 0.2) is 0 Å². The van der Waals surface area contributed by atoms with E-state index >= 15 is 0 Å². The molecule has 2 amide bonds. The summed E-state index contributed by atoms with van der Waals surface area (Å²) in [6, 6.07) is 2.26.